The smallest absolute Gasteiger partial charge is 0.339 e. The van der Waals surface area contributed by atoms with Gasteiger partial charge in [0, 0.05) is 10.6 Å². The van der Waals surface area contributed by atoms with Crippen LogP contribution in [0.4, 0.5) is 4.79 Å². The molecule has 1 heterocycles. The molecule has 1 saturated heterocycles. The number of hydrogen-bond donors (Lipinski definition) is 0. The molecule has 1 fully saturated rings. The Hall–Kier alpha value is -3.59. The Balaban J connectivity index is 1.41. The van der Waals surface area contributed by atoms with Crippen molar-refractivity contribution in [3.63, 3.8) is 0 Å². The molecule has 0 aliphatic carbocycles. The van der Waals surface area contributed by atoms with E-state index < -0.39 is 21.3 Å². The molecule has 0 aromatic heterocycles. The molecule has 1 aliphatic rings. The highest BCUT2D eigenvalue weighted by Gasteiger charge is 2.35. The molecule has 9 heteroatoms. The highest BCUT2D eigenvalue weighted by atomic mass is 35.5. The third-order valence-electron chi connectivity index (χ3n) is 5.52. The van der Waals surface area contributed by atoms with Gasteiger partial charge in [0.05, 0.1) is 11.4 Å². The molecule has 1 aliphatic heterocycles. The Morgan fingerprint density at radius 1 is 0.861 bits per heavy atom. The Labute approximate surface area is 217 Å². The van der Waals surface area contributed by atoms with Gasteiger partial charge in [0.15, 0.2) is 0 Å². The van der Waals surface area contributed by atoms with Crippen molar-refractivity contribution in [2.75, 3.05) is 0 Å². The zero-order chi connectivity index (χ0) is 25.3. The van der Waals surface area contributed by atoms with E-state index in [1.54, 1.807) is 54.6 Å². The van der Waals surface area contributed by atoms with Crippen molar-refractivity contribution >= 4 is 61.5 Å². The first-order chi connectivity index (χ1) is 17.3. The molecule has 0 unspecified atom stereocenters. The topological polar surface area (TPSA) is 80.8 Å². The first kappa shape index (κ1) is 24.1. The molecular formula is C27H18ClNO5S2. The molecule has 5 rings (SSSR count). The van der Waals surface area contributed by atoms with E-state index in [1.807, 2.05) is 24.3 Å². The van der Waals surface area contributed by atoms with Crippen LogP contribution in [-0.2, 0) is 21.5 Å². The molecule has 0 radical (unpaired) electrons. The molecule has 4 aromatic rings. The van der Waals surface area contributed by atoms with E-state index in [2.05, 4.69) is 0 Å². The molecule has 0 bridgehead atoms. The van der Waals surface area contributed by atoms with Gasteiger partial charge in [-0.3, -0.25) is 14.5 Å². The maximum atomic E-state index is 13.0. The summed E-state index contributed by atoms with van der Waals surface area (Å²) in [6.45, 7) is 0.0804. The molecule has 4 aromatic carbocycles. The van der Waals surface area contributed by atoms with Gasteiger partial charge in [-0.1, -0.05) is 72.3 Å². The average molecular weight is 536 g/mol. The van der Waals surface area contributed by atoms with Crippen LogP contribution in [0, 0.1) is 0 Å². The number of fused-ring (bicyclic) bond motifs is 1. The quantitative estimate of drug-likeness (QED) is 0.207. The number of para-hydroxylation sites is 1. The number of hydrogen-bond acceptors (Lipinski definition) is 6. The second kappa shape index (κ2) is 9.81. The molecule has 0 saturated carbocycles. The second-order valence-electron chi connectivity index (χ2n) is 7.98. The van der Waals surface area contributed by atoms with Crippen molar-refractivity contribution < 1.29 is 22.2 Å². The third kappa shape index (κ3) is 5.02. The van der Waals surface area contributed by atoms with Crippen LogP contribution in [0.15, 0.2) is 101 Å². The van der Waals surface area contributed by atoms with Crippen LogP contribution in [0.5, 0.6) is 5.75 Å². The summed E-state index contributed by atoms with van der Waals surface area (Å²) in [5.74, 6) is -0.426. The number of amides is 2. The van der Waals surface area contributed by atoms with Crippen molar-refractivity contribution in [2.45, 2.75) is 11.4 Å². The fraction of sp³-hybridized carbons (Fsp3) is 0.0370. The number of halogens is 1. The monoisotopic (exact) mass is 535 g/mol. The van der Waals surface area contributed by atoms with Crippen LogP contribution in [-0.4, -0.2) is 24.5 Å². The van der Waals surface area contributed by atoms with Crippen LogP contribution < -0.4 is 4.18 Å². The number of nitrogens with zero attached hydrogens (tertiary/aromatic N) is 1. The highest BCUT2D eigenvalue weighted by molar-refractivity contribution is 8.18. The van der Waals surface area contributed by atoms with Gasteiger partial charge in [-0.25, -0.2) is 0 Å². The zero-order valence-electron chi connectivity index (χ0n) is 18.6. The maximum Gasteiger partial charge on any atom is 0.339 e. The lowest BCUT2D eigenvalue weighted by Gasteiger charge is -2.12. The molecule has 6 nitrogen and oxygen atoms in total. The first-order valence-corrected chi connectivity index (χ1v) is 13.4. The van der Waals surface area contributed by atoms with Crippen LogP contribution in [0.1, 0.15) is 11.1 Å². The zero-order valence-corrected chi connectivity index (χ0v) is 21.0. The average Bonchev–Trinajstić information content (AvgIpc) is 3.12. The van der Waals surface area contributed by atoms with Gasteiger partial charge >= 0.3 is 10.1 Å². The molecular weight excluding hydrogens is 518 g/mol. The highest BCUT2D eigenvalue weighted by Crippen LogP contribution is 2.35. The van der Waals surface area contributed by atoms with E-state index >= 15 is 0 Å². The number of carbonyl (C=O) groups is 2. The van der Waals surface area contributed by atoms with Gasteiger partial charge < -0.3 is 4.18 Å². The standard InChI is InChI=1S/C27H18ClNO5S2/c28-22-10-5-6-18(14-22)17-29-26(30)25(35-27(29)31)16-21-9-3-4-11-24(21)34-36(32,33)23-13-12-19-7-1-2-8-20(19)15-23/h1-16H,17H2/b25-16-. The van der Waals surface area contributed by atoms with Crippen molar-refractivity contribution in [3.8, 4) is 5.75 Å². The number of carbonyl (C=O) groups excluding carboxylic acids is 2. The number of imide groups is 1. The predicted molar refractivity (Wildman–Crippen MR) is 141 cm³/mol. The molecule has 0 atom stereocenters. The first-order valence-electron chi connectivity index (χ1n) is 10.8. The summed E-state index contributed by atoms with van der Waals surface area (Å²) < 4.78 is 31.6. The number of rotatable bonds is 6. The van der Waals surface area contributed by atoms with E-state index in [0.29, 0.717) is 10.6 Å². The van der Waals surface area contributed by atoms with E-state index in [1.165, 1.54) is 18.2 Å². The summed E-state index contributed by atoms with van der Waals surface area (Å²) in [6, 6.07) is 25.5. The van der Waals surface area contributed by atoms with Gasteiger partial charge in [0.25, 0.3) is 11.1 Å². The van der Waals surface area contributed by atoms with Gasteiger partial charge in [-0.2, -0.15) is 8.42 Å². The van der Waals surface area contributed by atoms with Crippen LogP contribution in [0.2, 0.25) is 5.02 Å². The molecule has 36 heavy (non-hydrogen) atoms. The summed E-state index contributed by atoms with van der Waals surface area (Å²) >= 11 is 6.80. The summed E-state index contributed by atoms with van der Waals surface area (Å²) in [4.78, 5) is 26.8. The van der Waals surface area contributed by atoms with Crippen molar-refractivity contribution in [1.82, 2.24) is 4.90 Å². The van der Waals surface area contributed by atoms with E-state index in [4.69, 9.17) is 15.8 Å². The minimum Gasteiger partial charge on any atom is -0.378 e. The fourth-order valence-corrected chi connectivity index (χ4v) is 5.79. The predicted octanol–water partition coefficient (Wildman–Crippen LogP) is 6.50. The molecule has 0 spiro atoms. The summed E-state index contributed by atoms with van der Waals surface area (Å²) in [6.07, 6.45) is 1.47. The van der Waals surface area contributed by atoms with Crippen LogP contribution >= 0.6 is 23.4 Å². The lowest BCUT2D eigenvalue weighted by molar-refractivity contribution is -0.123. The molecule has 180 valence electrons. The summed E-state index contributed by atoms with van der Waals surface area (Å²) in [7, 11) is -4.15. The minimum atomic E-state index is -4.15. The fourth-order valence-electron chi connectivity index (χ4n) is 3.76. The third-order valence-corrected chi connectivity index (χ3v) is 7.89. The van der Waals surface area contributed by atoms with E-state index in [-0.39, 0.29) is 22.1 Å². The SMILES string of the molecule is O=C1S/C(=C\c2ccccc2OS(=O)(=O)c2ccc3ccccc3c2)C(=O)N1Cc1cccc(Cl)c1. The lowest BCUT2D eigenvalue weighted by atomic mass is 10.1. The van der Waals surface area contributed by atoms with Gasteiger partial charge in [-0.05, 0) is 64.5 Å². The Morgan fingerprint density at radius 2 is 1.61 bits per heavy atom. The normalized spacial score (nSPS) is 15.1. The molecule has 0 N–H and O–H groups in total. The Kier molecular flexibility index (Phi) is 6.57. The summed E-state index contributed by atoms with van der Waals surface area (Å²) in [5.41, 5.74) is 1.08. The minimum absolute atomic E-state index is 0.0119. The van der Waals surface area contributed by atoms with Crippen LogP contribution in [0.3, 0.4) is 0 Å². The van der Waals surface area contributed by atoms with Crippen LogP contribution in [0.25, 0.3) is 16.8 Å². The van der Waals surface area contributed by atoms with Gasteiger partial charge in [-0.15, -0.1) is 0 Å². The largest absolute Gasteiger partial charge is 0.378 e. The van der Waals surface area contributed by atoms with Gasteiger partial charge in [0.2, 0.25) is 0 Å². The van der Waals surface area contributed by atoms with E-state index in [9.17, 15) is 18.0 Å². The second-order valence-corrected chi connectivity index (χ2v) is 11.0. The Bertz CT molecular complexity index is 1650. The van der Waals surface area contributed by atoms with Crippen molar-refractivity contribution in [2.24, 2.45) is 0 Å². The molecule has 2 amide bonds. The number of thioether (sulfide) groups is 1. The van der Waals surface area contributed by atoms with E-state index in [0.717, 1.165) is 33.0 Å². The maximum absolute atomic E-state index is 13.0. The van der Waals surface area contributed by atoms with Crippen molar-refractivity contribution in [1.29, 1.82) is 0 Å². The Morgan fingerprint density at radius 3 is 2.42 bits per heavy atom. The van der Waals surface area contributed by atoms with Gasteiger partial charge in [0.1, 0.15) is 10.6 Å². The summed E-state index contributed by atoms with van der Waals surface area (Å²) in [5, 5.41) is 1.76. The lowest BCUT2D eigenvalue weighted by Crippen LogP contribution is -2.27. The number of benzene rings is 4. The van der Waals surface area contributed by atoms with Crippen molar-refractivity contribution in [3.05, 3.63) is 112 Å².